The number of rotatable bonds is 3. The molecule has 1 aliphatic rings. The van der Waals surface area contributed by atoms with E-state index in [4.69, 9.17) is 23.2 Å². The van der Waals surface area contributed by atoms with Gasteiger partial charge in [0.15, 0.2) is 0 Å². The quantitative estimate of drug-likeness (QED) is 0.833. The zero-order chi connectivity index (χ0) is 17.6. The normalized spacial score (nSPS) is 25.7. The van der Waals surface area contributed by atoms with Crippen LogP contribution in [-0.2, 0) is 0 Å². The summed E-state index contributed by atoms with van der Waals surface area (Å²) in [4.78, 5) is 16.4. The summed E-state index contributed by atoms with van der Waals surface area (Å²) in [7, 11) is 0. The molecular formula is C17H24Cl2N2O2. The number of anilines is 1. The van der Waals surface area contributed by atoms with Crippen molar-refractivity contribution < 1.29 is 9.90 Å². The van der Waals surface area contributed by atoms with Crippen LogP contribution in [0.25, 0.3) is 0 Å². The molecule has 23 heavy (non-hydrogen) atoms. The number of nitrogens with zero attached hydrogens (tertiary/aromatic N) is 2. The molecule has 0 saturated carbocycles. The number of urea groups is 1. The fourth-order valence-corrected chi connectivity index (χ4v) is 3.83. The summed E-state index contributed by atoms with van der Waals surface area (Å²) in [6.07, 6.45) is 1.27. The van der Waals surface area contributed by atoms with Crippen LogP contribution in [0.5, 0.6) is 0 Å². The molecule has 6 heteroatoms. The van der Waals surface area contributed by atoms with Crippen LogP contribution >= 0.6 is 23.2 Å². The van der Waals surface area contributed by atoms with Crippen molar-refractivity contribution >= 4 is 34.9 Å². The van der Waals surface area contributed by atoms with E-state index >= 15 is 0 Å². The summed E-state index contributed by atoms with van der Waals surface area (Å²) in [5.74, 6) is 0. The van der Waals surface area contributed by atoms with Crippen LogP contribution in [-0.4, -0.2) is 33.3 Å². The van der Waals surface area contributed by atoms with Crippen LogP contribution in [0.1, 0.15) is 47.5 Å². The minimum Gasteiger partial charge on any atom is -0.371 e. The highest BCUT2D eigenvalue weighted by molar-refractivity contribution is 6.42. The largest absolute Gasteiger partial charge is 0.371 e. The van der Waals surface area contributed by atoms with Crippen LogP contribution in [0.3, 0.4) is 0 Å². The van der Waals surface area contributed by atoms with Gasteiger partial charge in [0.25, 0.3) is 0 Å². The first-order valence-corrected chi connectivity index (χ1v) is 8.58. The number of benzene rings is 1. The summed E-state index contributed by atoms with van der Waals surface area (Å²) in [5.41, 5.74) is -1.21. The van der Waals surface area contributed by atoms with E-state index in [9.17, 15) is 9.90 Å². The molecule has 2 atom stereocenters. The molecule has 1 aromatic rings. The summed E-state index contributed by atoms with van der Waals surface area (Å²) in [6, 6.07) is 4.80. The molecule has 1 N–H and O–H groups in total. The Morgan fingerprint density at radius 2 is 1.87 bits per heavy atom. The smallest absolute Gasteiger partial charge is 0.327 e. The second-order valence-electron chi connectivity index (χ2n) is 7.05. The molecule has 1 aromatic carbocycles. The van der Waals surface area contributed by atoms with Crippen molar-refractivity contribution in [3.8, 4) is 0 Å². The Kier molecular flexibility index (Phi) is 4.91. The van der Waals surface area contributed by atoms with E-state index in [1.165, 1.54) is 4.90 Å². The first-order chi connectivity index (χ1) is 10.5. The minimum atomic E-state index is -1.30. The summed E-state index contributed by atoms with van der Waals surface area (Å²) < 4.78 is 0. The highest BCUT2D eigenvalue weighted by Gasteiger charge is 2.51. The minimum absolute atomic E-state index is 0.0684. The van der Waals surface area contributed by atoms with Crippen LogP contribution in [0, 0.1) is 0 Å². The molecule has 0 bridgehead atoms. The zero-order valence-corrected chi connectivity index (χ0v) is 15.7. The van der Waals surface area contributed by atoms with E-state index in [1.807, 2.05) is 32.6 Å². The van der Waals surface area contributed by atoms with E-state index in [1.54, 1.807) is 25.1 Å². The third-order valence-corrected chi connectivity index (χ3v) is 5.23. The lowest BCUT2D eigenvalue weighted by atomic mass is 9.86. The van der Waals surface area contributed by atoms with Gasteiger partial charge in [-0.15, -0.1) is 0 Å². The summed E-state index contributed by atoms with van der Waals surface area (Å²) in [5, 5.41) is 11.7. The molecule has 0 spiro atoms. The lowest BCUT2D eigenvalue weighted by Gasteiger charge is -2.55. The van der Waals surface area contributed by atoms with E-state index in [2.05, 4.69) is 0 Å². The molecule has 2 rings (SSSR count). The first kappa shape index (κ1) is 18.4. The van der Waals surface area contributed by atoms with Gasteiger partial charge in [-0.2, -0.15) is 0 Å². The second kappa shape index (κ2) is 6.15. The zero-order valence-electron chi connectivity index (χ0n) is 14.2. The van der Waals surface area contributed by atoms with Crippen molar-refractivity contribution in [2.45, 2.75) is 64.8 Å². The van der Waals surface area contributed by atoms with E-state index in [0.29, 0.717) is 22.2 Å². The second-order valence-corrected chi connectivity index (χ2v) is 7.86. The third-order valence-electron chi connectivity index (χ3n) is 4.49. The lowest BCUT2D eigenvalue weighted by Crippen LogP contribution is -2.69. The molecule has 1 heterocycles. The molecule has 1 fully saturated rings. The number of amides is 2. The fourth-order valence-electron chi connectivity index (χ4n) is 3.54. The van der Waals surface area contributed by atoms with E-state index in [0.717, 1.165) is 6.42 Å². The number of hydrogen-bond donors (Lipinski definition) is 1. The SMILES string of the molecule is CC[C@@H](C)N1C(=O)N(c2ccc(Cl)c(Cl)c2)[C@@](C)(O)CC1(C)C. The van der Waals surface area contributed by atoms with Gasteiger partial charge in [0.1, 0.15) is 5.72 Å². The van der Waals surface area contributed by atoms with Crippen LogP contribution in [0.4, 0.5) is 10.5 Å². The van der Waals surface area contributed by atoms with Crippen molar-refractivity contribution in [2.75, 3.05) is 4.90 Å². The molecule has 4 nitrogen and oxygen atoms in total. The summed E-state index contributed by atoms with van der Waals surface area (Å²) >= 11 is 12.1. The molecule has 128 valence electrons. The Balaban J connectivity index is 2.52. The maximum atomic E-state index is 13.2. The van der Waals surface area contributed by atoms with Gasteiger partial charge in [-0.25, -0.2) is 4.79 Å². The molecular weight excluding hydrogens is 335 g/mol. The van der Waals surface area contributed by atoms with Crippen molar-refractivity contribution in [1.29, 1.82) is 0 Å². The van der Waals surface area contributed by atoms with Gasteiger partial charge in [-0.1, -0.05) is 30.1 Å². The van der Waals surface area contributed by atoms with Crippen molar-refractivity contribution in [2.24, 2.45) is 0 Å². The third kappa shape index (κ3) is 3.30. The van der Waals surface area contributed by atoms with Crippen LogP contribution < -0.4 is 4.90 Å². The number of halogens is 2. The summed E-state index contributed by atoms with van der Waals surface area (Å²) in [6.45, 7) is 9.69. The molecule has 0 aliphatic carbocycles. The maximum Gasteiger partial charge on any atom is 0.327 e. The Morgan fingerprint density at radius 3 is 2.39 bits per heavy atom. The van der Waals surface area contributed by atoms with Crippen molar-refractivity contribution in [1.82, 2.24) is 4.90 Å². The van der Waals surface area contributed by atoms with Gasteiger partial charge in [0.2, 0.25) is 0 Å². The van der Waals surface area contributed by atoms with Gasteiger partial charge >= 0.3 is 6.03 Å². The monoisotopic (exact) mass is 358 g/mol. The van der Waals surface area contributed by atoms with Crippen LogP contribution in [0.15, 0.2) is 18.2 Å². The van der Waals surface area contributed by atoms with E-state index < -0.39 is 11.3 Å². The highest BCUT2D eigenvalue weighted by atomic mass is 35.5. The molecule has 0 radical (unpaired) electrons. The molecule has 1 aliphatic heterocycles. The van der Waals surface area contributed by atoms with E-state index in [-0.39, 0.29) is 12.1 Å². The number of carbonyl (C=O) groups excluding carboxylic acids is 1. The van der Waals surface area contributed by atoms with Gasteiger partial charge in [-0.3, -0.25) is 4.90 Å². The fraction of sp³-hybridized carbons (Fsp3) is 0.588. The Bertz CT molecular complexity index is 617. The first-order valence-electron chi connectivity index (χ1n) is 7.82. The molecule has 1 saturated heterocycles. The van der Waals surface area contributed by atoms with Gasteiger partial charge in [-0.05, 0) is 52.3 Å². The molecule has 2 amide bonds. The average molecular weight is 359 g/mol. The van der Waals surface area contributed by atoms with Crippen LogP contribution in [0.2, 0.25) is 10.0 Å². The molecule has 0 unspecified atom stereocenters. The lowest BCUT2D eigenvalue weighted by molar-refractivity contribution is -0.0358. The number of hydrogen-bond acceptors (Lipinski definition) is 2. The number of carbonyl (C=O) groups is 1. The Morgan fingerprint density at radius 1 is 1.26 bits per heavy atom. The predicted octanol–water partition coefficient (Wildman–Crippen LogP) is 4.91. The maximum absolute atomic E-state index is 13.2. The number of aliphatic hydroxyl groups is 1. The Labute approximate surface area is 148 Å². The topological polar surface area (TPSA) is 43.8 Å². The van der Waals surface area contributed by atoms with Crippen molar-refractivity contribution in [3.63, 3.8) is 0 Å². The van der Waals surface area contributed by atoms with Gasteiger partial charge < -0.3 is 10.0 Å². The molecule has 0 aromatic heterocycles. The Hall–Kier alpha value is -0.970. The van der Waals surface area contributed by atoms with Crippen molar-refractivity contribution in [3.05, 3.63) is 28.2 Å². The predicted molar refractivity (Wildman–Crippen MR) is 95.2 cm³/mol. The average Bonchev–Trinajstić information content (AvgIpc) is 2.39. The standard InChI is InChI=1S/C17H24Cl2N2O2/c1-6-11(2)20-15(22)21(17(5,23)10-16(20,3)4)12-7-8-13(18)14(19)9-12/h7-9,11,23H,6,10H2,1-5H3/t11-,17+/m1/s1. The van der Waals surface area contributed by atoms with Gasteiger partial charge in [0.05, 0.1) is 10.0 Å². The highest BCUT2D eigenvalue weighted by Crippen LogP contribution is 2.41. The van der Waals surface area contributed by atoms with Gasteiger partial charge in [0, 0.05) is 23.7 Å².